The predicted molar refractivity (Wildman–Crippen MR) is 73.2 cm³/mol. The monoisotopic (exact) mass is 258 g/mol. The molecule has 0 radical (unpaired) electrons. The van der Waals surface area contributed by atoms with Crippen LogP contribution in [-0.2, 0) is 9.59 Å². The van der Waals surface area contributed by atoms with Crippen molar-refractivity contribution in [2.75, 3.05) is 17.2 Å². The second-order valence-corrected chi connectivity index (χ2v) is 3.92. The van der Waals surface area contributed by atoms with Crippen molar-refractivity contribution in [3.63, 3.8) is 0 Å². The van der Waals surface area contributed by atoms with E-state index in [0.29, 0.717) is 17.1 Å². The van der Waals surface area contributed by atoms with Gasteiger partial charge in [0.05, 0.1) is 5.69 Å². The van der Waals surface area contributed by atoms with Crippen LogP contribution in [0.15, 0.2) is 42.5 Å². The van der Waals surface area contributed by atoms with Crippen LogP contribution in [0.5, 0.6) is 5.75 Å². The molecule has 5 heteroatoms. The van der Waals surface area contributed by atoms with Crippen LogP contribution in [0, 0.1) is 0 Å². The molecule has 1 aliphatic rings. The summed E-state index contributed by atoms with van der Waals surface area (Å²) in [5.74, 6) is 0.159. The number of allylic oxidation sites excluding steroid dienone is 3. The molecule has 1 heterocycles. The van der Waals surface area contributed by atoms with E-state index in [1.807, 2.05) is 13.0 Å². The van der Waals surface area contributed by atoms with E-state index in [9.17, 15) is 9.59 Å². The molecule has 2 rings (SSSR count). The summed E-state index contributed by atoms with van der Waals surface area (Å²) in [7, 11) is 0. The van der Waals surface area contributed by atoms with Crippen molar-refractivity contribution >= 4 is 23.2 Å². The van der Waals surface area contributed by atoms with Gasteiger partial charge in [-0.3, -0.25) is 9.59 Å². The van der Waals surface area contributed by atoms with E-state index in [-0.39, 0.29) is 18.4 Å². The number of nitrogens with one attached hydrogen (secondary N) is 2. The molecule has 0 bridgehead atoms. The van der Waals surface area contributed by atoms with E-state index in [1.165, 1.54) is 6.08 Å². The van der Waals surface area contributed by atoms with Gasteiger partial charge in [0.15, 0.2) is 6.61 Å². The van der Waals surface area contributed by atoms with Gasteiger partial charge < -0.3 is 15.4 Å². The van der Waals surface area contributed by atoms with E-state index in [0.717, 1.165) is 0 Å². The molecule has 0 unspecified atom stereocenters. The molecule has 98 valence electrons. The molecule has 2 amide bonds. The van der Waals surface area contributed by atoms with Gasteiger partial charge >= 0.3 is 0 Å². The van der Waals surface area contributed by atoms with Crippen LogP contribution in [-0.4, -0.2) is 18.4 Å². The van der Waals surface area contributed by atoms with Gasteiger partial charge in [0.25, 0.3) is 5.91 Å². The lowest BCUT2D eigenvalue weighted by molar-refractivity contribution is -0.118. The molecule has 0 fully saturated rings. The predicted octanol–water partition coefficient (Wildman–Crippen LogP) is 2.09. The lowest BCUT2D eigenvalue weighted by Crippen LogP contribution is -2.25. The van der Waals surface area contributed by atoms with Crippen LogP contribution in [0.2, 0.25) is 0 Å². The number of ether oxygens (including phenoxy) is 1. The fourth-order valence-electron chi connectivity index (χ4n) is 1.60. The molecule has 19 heavy (non-hydrogen) atoms. The summed E-state index contributed by atoms with van der Waals surface area (Å²) in [4.78, 5) is 22.8. The Hall–Kier alpha value is -2.56. The topological polar surface area (TPSA) is 67.4 Å². The summed E-state index contributed by atoms with van der Waals surface area (Å²) in [5.41, 5.74) is 1.16. The zero-order valence-electron chi connectivity index (χ0n) is 10.5. The first-order valence-electron chi connectivity index (χ1n) is 5.86. The zero-order valence-corrected chi connectivity index (χ0v) is 10.5. The molecule has 1 aliphatic heterocycles. The highest BCUT2D eigenvalue weighted by atomic mass is 16.5. The minimum absolute atomic E-state index is 0.0186. The van der Waals surface area contributed by atoms with Gasteiger partial charge in [-0.05, 0) is 25.1 Å². The molecule has 0 atom stereocenters. The third-order valence-corrected chi connectivity index (χ3v) is 2.43. The van der Waals surface area contributed by atoms with E-state index in [1.54, 1.807) is 30.4 Å². The zero-order chi connectivity index (χ0) is 13.7. The van der Waals surface area contributed by atoms with Gasteiger partial charge in [0.2, 0.25) is 5.91 Å². The first-order chi connectivity index (χ1) is 9.19. The van der Waals surface area contributed by atoms with Crippen LogP contribution in [0.25, 0.3) is 0 Å². The van der Waals surface area contributed by atoms with Gasteiger partial charge in [-0.25, -0.2) is 0 Å². The maximum atomic E-state index is 11.6. The average Bonchev–Trinajstić information content (AvgIpc) is 2.38. The highest BCUT2D eigenvalue weighted by Crippen LogP contribution is 2.30. The summed E-state index contributed by atoms with van der Waals surface area (Å²) in [6.45, 7) is 1.89. The Labute approximate surface area is 111 Å². The molecule has 0 aliphatic carbocycles. The van der Waals surface area contributed by atoms with Crippen molar-refractivity contribution < 1.29 is 14.3 Å². The molecule has 2 N–H and O–H groups in total. The van der Waals surface area contributed by atoms with Crippen molar-refractivity contribution in [2.24, 2.45) is 0 Å². The first-order valence-corrected chi connectivity index (χ1v) is 5.86. The maximum absolute atomic E-state index is 11.6. The van der Waals surface area contributed by atoms with Gasteiger partial charge in [-0.15, -0.1) is 0 Å². The maximum Gasteiger partial charge on any atom is 0.262 e. The first kappa shape index (κ1) is 12.9. The highest BCUT2D eigenvalue weighted by molar-refractivity contribution is 6.01. The second-order valence-electron chi connectivity index (χ2n) is 3.92. The van der Waals surface area contributed by atoms with E-state index in [4.69, 9.17) is 4.74 Å². The summed E-state index contributed by atoms with van der Waals surface area (Å²) in [6.07, 6.45) is 6.67. The van der Waals surface area contributed by atoms with Crippen LogP contribution in [0.1, 0.15) is 6.92 Å². The fraction of sp³-hybridized carbons (Fsp3) is 0.143. The summed E-state index contributed by atoms with van der Waals surface area (Å²) in [5, 5.41) is 5.38. The van der Waals surface area contributed by atoms with Crippen molar-refractivity contribution in [1.82, 2.24) is 0 Å². The Morgan fingerprint density at radius 2 is 2.26 bits per heavy atom. The third kappa shape index (κ3) is 3.45. The third-order valence-electron chi connectivity index (χ3n) is 2.43. The van der Waals surface area contributed by atoms with E-state index in [2.05, 4.69) is 10.6 Å². The molecule has 1 aromatic carbocycles. The van der Waals surface area contributed by atoms with Gasteiger partial charge in [-0.2, -0.15) is 0 Å². The Balaban J connectivity index is 2.08. The number of benzene rings is 1. The summed E-state index contributed by atoms with van der Waals surface area (Å²) in [6, 6.07) is 5.09. The normalized spacial score (nSPS) is 14.1. The number of rotatable bonds is 3. The lowest BCUT2D eigenvalue weighted by Gasteiger charge is -2.18. The molecule has 5 nitrogen and oxygen atoms in total. The van der Waals surface area contributed by atoms with Crippen molar-refractivity contribution in [3.05, 3.63) is 42.5 Å². The summed E-state index contributed by atoms with van der Waals surface area (Å²) < 4.78 is 5.23. The van der Waals surface area contributed by atoms with E-state index >= 15 is 0 Å². The van der Waals surface area contributed by atoms with Crippen molar-refractivity contribution in [1.29, 1.82) is 0 Å². The van der Waals surface area contributed by atoms with Gasteiger partial charge in [0, 0.05) is 11.8 Å². The minimum atomic E-state index is -0.235. The minimum Gasteiger partial charge on any atom is -0.482 e. The highest BCUT2D eigenvalue weighted by Gasteiger charge is 2.16. The van der Waals surface area contributed by atoms with Gasteiger partial charge in [0.1, 0.15) is 5.75 Å². The number of anilines is 2. The van der Waals surface area contributed by atoms with Gasteiger partial charge in [-0.1, -0.05) is 18.2 Å². The molecule has 0 saturated heterocycles. The average molecular weight is 258 g/mol. The SMILES string of the molecule is CC=CC=CC(=O)Nc1ccc2c(c1)NC(=O)CO2. The van der Waals surface area contributed by atoms with Crippen LogP contribution >= 0.6 is 0 Å². The second kappa shape index (κ2) is 5.86. The Bertz CT molecular complexity index is 562. The number of fused-ring (bicyclic) bond motifs is 1. The number of hydrogen-bond acceptors (Lipinski definition) is 3. The molecule has 1 aromatic rings. The Morgan fingerprint density at radius 3 is 3.05 bits per heavy atom. The van der Waals surface area contributed by atoms with Crippen LogP contribution in [0.4, 0.5) is 11.4 Å². The smallest absolute Gasteiger partial charge is 0.262 e. The molecular weight excluding hydrogens is 244 g/mol. The molecule has 0 spiro atoms. The number of carbonyl (C=O) groups is 2. The Kier molecular flexibility index (Phi) is 3.97. The quantitative estimate of drug-likeness (QED) is 0.644. The number of carbonyl (C=O) groups excluding carboxylic acids is 2. The van der Waals surface area contributed by atoms with Crippen LogP contribution < -0.4 is 15.4 Å². The fourth-order valence-corrected chi connectivity index (χ4v) is 1.60. The van der Waals surface area contributed by atoms with Crippen molar-refractivity contribution in [2.45, 2.75) is 6.92 Å². The standard InChI is InChI=1S/C14H14N2O3/c1-2-3-4-5-13(17)15-10-6-7-12-11(8-10)16-14(18)9-19-12/h2-8H,9H2,1H3,(H,15,17)(H,16,18). The molecule has 0 saturated carbocycles. The van der Waals surface area contributed by atoms with E-state index < -0.39 is 0 Å². The van der Waals surface area contributed by atoms with Crippen molar-refractivity contribution in [3.8, 4) is 5.75 Å². The number of hydrogen-bond donors (Lipinski definition) is 2. The molecule has 0 aromatic heterocycles. The number of amides is 2. The Morgan fingerprint density at radius 1 is 1.42 bits per heavy atom. The van der Waals surface area contributed by atoms with Crippen LogP contribution in [0.3, 0.4) is 0 Å². The summed E-state index contributed by atoms with van der Waals surface area (Å²) >= 11 is 0. The lowest BCUT2D eigenvalue weighted by atomic mass is 10.2. The molecular formula is C14H14N2O3. The largest absolute Gasteiger partial charge is 0.482 e.